The van der Waals surface area contributed by atoms with Gasteiger partial charge in [-0.2, -0.15) is 15.7 Å². The minimum atomic E-state index is -2.45. The fourth-order valence-electron chi connectivity index (χ4n) is 4.52. The molecular formula is C26H32N6O5S. The fraction of sp³-hybridized carbons (Fsp3) is 0.385. The molecule has 1 aliphatic heterocycles. The number of nitrogens with one attached hydrogen (secondary N) is 3. The molecule has 1 aromatic carbocycles. The maximum Gasteiger partial charge on any atom is 0.273 e. The summed E-state index contributed by atoms with van der Waals surface area (Å²) in [6.45, 7) is 5.00. The second-order valence-electron chi connectivity index (χ2n) is 10.2. The van der Waals surface area contributed by atoms with Crippen LogP contribution in [-0.2, 0) is 5.60 Å². The third kappa shape index (κ3) is 5.53. The molecule has 6 N–H and O–H groups in total. The number of carbonyl (C=O) groups excluding carboxylic acids is 1. The van der Waals surface area contributed by atoms with Gasteiger partial charge in [0.15, 0.2) is 22.9 Å². The lowest BCUT2D eigenvalue weighted by Gasteiger charge is -2.39. The third-order valence-corrected chi connectivity index (χ3v) is 8.58. The van der Waals surface area contributed by atoms with Crippen LogP contribution in [0.1, 0.15) is 61.5 Å². The van der Waals surface area contributed by atoms with Crippen molar-refractivity contribution in [2.45, 2.75) is 51.3 Å². The molecule has 1 atom stereocenters. The van der Waals surface area contributed by atoms with E-state index in [1.54, 1.807) is 20.0 Å². The molecule has 0 bridgehead atoms. The van der Waals surface area contributed by atoms with Crippen LogP contribution in [0.4, 0.5) is 5.82 Å². The van der Waals surface area contributed by atoms with Crippen LogP contribution >= 0.6 is 10.6 Å². The SMILES string of the molecule is C[C@@H](NC(=O)c1cc(C(C)(C)O)on1)c1ccc(-c2ccnc3[nH]nc(NC4CCS(O)(O)CC4)c23)cc1. The average molecular weight is 541 g/mol. The molecule has 0 aliphatic carbocycles. The van der Waals surface area contributed by atoms with Gasteiger partial charge in [0.05, 0.1) is 11.4 Å². The molecule has 5 rings (SSSR count). The molecule has 1 saturated heterocycles. The number of hydrogen-bond donors (Lipinski definition) is 6. The van der Waals surface area contributed by atoms with Gasteiger partial charge >= 0.3 is 0 Å². The van der Waals surface area contributed by atoms with Gasteiger partial charge in [-0.05, 0) is 56.4 Å². The maximum absolute atomic E-state index is 12.6. The van der Waals surface area contributed by atoms with Gasteiger partial charge in [-0.3, -0.25) is 19.0 Å². The topological polar surface area (TPSA) is 169 Å². The number of aliphatic hydroxyl groups is 1. The highest BCUT2D eigenvalue weighted by atomic mass is 32.3. The lowest BCUT2D eigenvalue weighted by Crippen LogP contribution is -2.30. The predicted molar refractivity (Wildman–Crippen MR) is 146 cm³/mol. The zero-order valence-electron chi connectivity index (χ0n) is 21.4. The molecule has 38 heavy (non-hydrogen) atoms. The van der Waals surface area contributed by atoms with Crippen LogP contribution in [0.2, 0.25) is 0 Å². The van der Waals surface area contributed by atoms with Crippen molar-refractivity contribution in [1.82, 2.24) is 25.7 Å². The Morgan fingerprint density at radius 2 is 1.89 bits per heavy atom. The Morgan fingerprint density at radius 3 is 2.55 bits per heavy atom. The van der Waals surface area contributed by atoms with E-state index in [0.29, 0.717) is 35.8 Å². The van der Waals surface area contributed by atoms with Crippen molar-refractivity contribution in [1.29, 1.82) is 0 Å². The highest BCUT2D eigenvalue weighted by Gasteiger charge is 2.26. The van der Waals surface area contributed by atoms with Gasteiger partial charge in [-0.1, -0.05) is 29.4 Å². The predicted octanol–water partition coefficient (Wildman–Crippen LogP) is 4.66. The summed E-state index contributed by atoms with van der Waals surface area (Å²) in [4.78, 5) is 17.1. The molecule has 3 aromatic heterocycles. The Labute approximate surface area is 221 Å². The number of benzene rings is 1. The molecule has 1 fully saturated rings. The number of hydrogen-bond acceptors (Lipinski definition) is 9. The minimum absolute atomic E-state index is 0.102. The van der Waals surface area contributed by atoms with Crippen molar-refractivity contribution < 1.29 is 23.5 Å². The first kappa shape index (κ1) is 26.2. The third-order valence-electron chi connectivity index (χ3n) is 6.80. The Morgan fingerprint density at radius 1 is 1.18 bits per heavy atom. The van der Waals surface area contributed by atoms with Crippen molar-refractivity contribution in [2.75, 3.05) is 16.8 Å². The van der Waals surface area contributed by atoms with E-state index >= 15 is 0 Å². The molecule has 202 valence electrons. The van der Waals surface area contributed by atoms with Crippen LogP contribution in [-0.4, -0.2) is 58.0 Å². The summed E-state index contributed by atoms with van der Waals surface area (Å²) in [5.74, 6) is 1.30. The number of aromatic amines is 1. The van der Waals surface area contributed by atoms with Gasteiger partial charge < -0.3 is 20.3 Å². The van der Waals surface area contributed by atoms with E-state index in [0.717, 1.165) is 22.1 Å². The molecule has 0 saturated carbocycles. The van der Waals surface area contributed by atoms with Crippen molar-refractivity contribution in [2.24, 2.45) is 0 Å². The van der Waals surface area contributed by atoms with Crippen LogP contribution in [0.15, 0.2) is 47.1 Å². The molecule has 0 unspecified atom stereocenters. The number of fused-ring (bicyclic) bond motifs is 1. The van der Waals surface area contributed by atoms with E-state index in [-0.39, 0.29) is 23.5 Å². The Hall–Kier alpha value is -3.45. The molecule has 11 nitrogen and oxygen atoms in total. The average Bonchev–Trinajstić information content (AvgIpc) is 3.53. The van der Waals surface area contributed by atoms with Crippen LogP contribution in [0, 0.1) is 0 Å². The number of pyridine rings is 1. The smallest absolute Gasteiger partial charge is 0.273 e. The summed E-state index contributed by atoms with van der Waals surface area (Å²) in [7, 11) is -2.45. The first-order chi connectivity index (χ1) is 18.0. The van der Waals surface area contributed by atoms with Crippen LogP contribution < -0.4 is 10.6 Å². The molecule has 1 amide bonds. The monoisotopic (exact) mass is 540 g/mol. The normalized spacial score (nSPS) is 17.7. The van der Waals surface area contributed by atoms with Gasteiger partial charge in [0, 0.05) is 29.8 Å². The minimum Gasteiger partial charge on any atom is -0.382 e. The second kappa shape index (κ2) is 10.0. The van der Waals surface area contributed by atoms with Gasteiger partial charge in [-0.15, -0.1) is 0 Å². The molecular weight excluding hydrogens is 508 g/mol. The first-order valence-corrected chi connectivity index (χ1v) is 14.3. The lowest BCUT2D eigenvalue weighted by atomic mass is 9.99. The number of anilines is 1. The van der Waals surface area contributed by atoms with E-state index in [9.17, 15) is 19.0 Å². The summed E-state index contributed by atoms with van der Waals surface area (Å²) < 4.78 is 24.9. The molecule has 4 aromatic rings. The van der Waals surface area contributed by atoms with E-state index in [1.807, 2.05) is 37.3 Å². The molecule has 1 aliphatic rings. The van der Waals surface area contributed by atoms with E-state index < -0.39 is 22.1 Å². The standard InChI is InChI=1S/C26H32N6O5S/c1-15(28-25(33)20-14-21(37-32-20)26(2,3)34)16-4-6-17(7-5-16)19-8-11-27-23-22(19)24(31-30-23)29-18-9-12-38(35,36)13-10-18/h4-8,11,14-15,18,34-36H,9-10,12-13H2,1-3H3,(H,28,33)(H2,27,29,30,31)/t15-/m1/s1. The van der Waals surface area contributed by atoms with Crippen LogP contribution in [0.5, 0.6) is 0 Å². The Bertz CT molecular complexity index is 1430. The molecule has 12 heteroatoms. The van der Waals surface area contributed by atoms with Gasteiger partial charge in [0.25, 0.3) is 5.91 Å². The van der Waals surface area contributed by atoms with Gasteiger partial charge in [0.2, 0.25) is 0 Å². The number of H-pyrrole nitrogens is 1. The zero-order valence-corrected chi connectivity index (χ0v) is 22.2. The summed E-state index contributed by atoms with van der Waals surface area (Å²) >= 11 is 0. The fourth-order valence-corrected chi connectivity index (χ4v) is 6.05. The van der Waals surface area contributed by atoms with E-state index in [1.165, 1.54) is 6.07 Å². The summed E-state index contributed by atoms with van der Waals surface area (Å²) in [6.07, 6.45) is 3.06. The number of amides is 1. The zero-order chi connectivity index (χ0) is 27.1. The Kier molecular flexibility index (Phi) is 6.90. The van der Waals surface area contributed by atoms with Crippen LogP contribution in [0.25, 0.3) is 22.2 Å². The van der Waals surface area contributed by atoms with Crippen molar-refractivity contribution in [3.63, 3.8) is 0 Å². The van der Waals surface area contributed by atoms with Crippen LogP contribution in [0.3, 0.4) is 0 Å². The number of nitrogens with zero attached hydrogens (tertiary/aromatic N) is 3. The first-order valence-electron chi connectivity index (χ1n) is 12.4. The van der Waals surface area contributed by atoms with E-state index in [2.05, 4.69) is 31.0 Å². The molecule has 4 heterocycles. The van der Waals surface area contributed by atoms with Crippen molar-refractivity contribution >= 4 is 33.3 Å². The van der Waals surface area contributed by atoms with Gasteiger partial charge in [0.1, 0.15) is 5.60 Å². The Balaban J connectivity index is 1.32. The number of carbonyl (C=O) groups is 1. The summed E-state index contributed by atoms with van der Waals surface area (Å²) in [5.41, 5.74) is 2.37. The summed E-state index contributed by atoms with van der Waals surface area (Å²) in [6, 6.07) is 11.1. The second-order valence-corrected chi connectivity index (χ2v) is 12.7. The van der Waals surface area contributed by atoms with E-state index in [4.69, 9.17) is 4.52 Å². The quantitative estimate of drug-likeness (QED) is 0.195. The van der Waals surface area contributed by atoms with Gasteiger partial charge in [-0.25, -0.2) is 4.98 Å². The maximum atomic E-state index is 12.6. The lowest BCUT2D eigenvalue weighted by molar-refractivity contribution is 0.0474. The van der Waals surface area contributed by atoms with Crippen molar-refractivity contribution in [3.8, 4) is 11.1 Å². The van der Waals surface area contributed by atoms with Crippen molar-refractivity contribution in [3.05, 3.63) is 59.6 Å². The molecule has 0 spiro atoms. The summed E-state index contributed by atoms with van der Waals surface area (Å²) in [5, 5.41) is 28.5. The molecule has 0 radical (unpaired) electrons. The number of rotatable bonds is 7. The highest BCUT2D eigenvalue weighted by molar-refractivity contribution is 8.24. The highest BCUT2D eigenvalue weighted by Crippen LogP contribution is 2.44. The largest absolute Gasteiger partial charge is 0.382 e. The number of aromatic nitrogens is 4.